The summed E-state index contributed by atoms with van der Waals surface area (Å²) in [5.41, 5.74) is 3.20. The molecule has 2 aromatic heterocycles. The van der Waals surface area contributed by atoms with E-state index in [1.54, 1.807) is 28.7 Å². The first-order valence-electron chi connectivity index (χ1n) is 7.74. The van der Waals surface area contributed by atoms with Gasteiger partial charge in [0, 0.05) is 18.3 Å². The normalized spacial score (nSPS) is 11.0. The van der Waals surface area contributed by atoms with Gasteiger partial charge in [-0.2, -0.15) is 10.2 Å². The number of hydrogen-bond donors (Lipinski definition) is 1. The molecule has 0 aliphatic heterocycles. The molecule has 9 heteroatoms. The van der Waals surface area contributed by atoms with E-state index in [0.29, 0.717) is 28.6 Å². The highest BCUT2D eigenvalue weighted by atomic mass is 127. The van der Waals surface area contributed by atoms with Crippen molar-refractivity contribution in [1.29, 1.82) is 0 Å². The summed E-state index contributed by atoms with van der Waals surface area (Å²) in [4.78, 5) is 12.5. The van der Waals surface area contributed by atoms with E-state index in [1.807, 2.05) is 13.8 Å². The van der Waals surface area contributed by atoms with Crippen molar-refractivity contribution in [3.8, 4) is 0 Å². The van der Waals surface area contributed by atoms with Gasteiger partial charge in [-0.25, -0.2) is 4.39 Å². The fourth-order valence-electron chi connectivity index (χ4n) is 2.63. The number of nitrogens with zero attached hydrogens (tertiary/aromatic N) is 4. The molecule has 0 bridgehead atoms. The highest BCUT2D eigenvalue weighted by molar-refractivity contribution is 14.1. The van der Waals surface area contributed by atoms with Crippen molar-refractivity contribution in [3.05, 3.63) is 61.5 Å². The average Bonchev–Trinajstić information content (AvgIpc) is 3.03. The van der Waals surface area contributed by atoms with Crippen LogP contribution >= 0.6 is 34.2 Å². The number of nitrogens with one attached hydrogen (secondary N) is 1. The molecule has 2 heterocycles. The van der Waals surface area contributed by atoms with Gasteiger partial charge in [0.1, 0.15) is 5.82 Å². The molecule has 0 fully saturated rings. The monoisotopic (exact) mass is 487 g/mol. The second kappa shape index (κ2) is 7.36. The van der Waals surface area contributed by atoms with Gasteiger partial charge in [-0.15, -0.1) is 0 Å². The molecule has 26 heavy (non-hydrogen) atoms. The van der Waals surface area contributed by atoms with E-state index < -0.39 is 0 Å². The van der Waals surface area contributed by atoms with Gasteiger partial charge in [0.15, 0.2) is 5.69 Å². The molecule has 1 aromatic carbocycles. The van der Waals surface area contributed by atoms with Crippen LogP contribution in [0, 0.1) is 23.2 Å². The Labute approximate surface area is 168 Å². The topological polar surface area (TPSA) is 64.7 Å². The Morgan fingerprint density at radius 3 is 2.69 bits per heavy atom. The summed E-state index contributed by atoms with van der Waals surface area (Å²) in [5.74, 6) is -0.675. The SMILES string of the molecule is Cc1nn(Cc2ccc(F)cc2Cl)c(C)c1NC(=O)c1nn(C)cc1I. The average molecular weight is 488 g/mol. The zero-order valence-electron chi connectivity index (χ0n) is 14.3. The summed E-state index contributed by atoms with van der Waals surface area (Å²) in [6.07, 6.45) is 1.77. The first-order chi connectivity index (χ1) is 12.3. The minimum absolute atomic E-state index is 0.291. The van der Waals surface area contributed by atoms with Crippen molar-refractivity contribution in [2.45, 2.75) is 20.4 Å². The second-order valence-electron chi connectivity index (χ2n) is 5.89. The minimum Gasteiger partial charge on any atom is -0.317 e. The van der Waals surface area contributed by atoms with E-state index in [4.69, 9.17) is 11.6 Å². The zero-order chi connectivity index (χ0) is 19.0. The molecule has 0 saturated heterocycles. The Morgan fingerprint density at radius 1 is 1.35 bits per heavy atom. The van der Waals surface area contributed by atoms with Gasteiger partial charge in [0.2, 0.25) is 0 Å². The number of aromatic nitrogens is 4. The van der Waals surface area contributed by atoms with E-state index in [-0.39, 0.29) is 11.7 Å². The van der Waals surface area contributed by atoms with Gasteiger partial charge in [-0.05, 0) is 54.1 Å². The Balaban J connectivity index is 1.86. The smallest absolute Gasteiger partial charge is 0.277 e. The van der Waals surface area contributed by atoms with Crippen LogP contribution in [-0.4, -0.2) is 25.5 Å². The van der Waals surface area contributed by atoms with Crippen LogP contribution in [0.15, 0.2) is 24.4 Å². The van der Waals surface area contributed by atoms with Crippen LogP contribution in [-0.2, 0) is 13.6 Å². The maximum Gasteiger partial charge on any atom is 0.277 e. The third-order valence-electron chi connectivity index (χ3n) is 3.95. The molecule has 1 amide bonds. The number of benzene rings is 1. The number of hydrogen-bond acceptors (Lipinski definition) is 3. The van der Waals surface area contributed by atoms with E-state index in [0.717, 1.165) is 14.8 Å². The largest absolute Gasteiger partial charge is 0.317 e. The van der Waals surface area contributed by atoms with Crippen LogP contribution in [0.2, 0.25) is 5.02 Å². The molecule has 0 spiro atoms. The number of amides is 1. The van der Waals surface area contributed by atoms with E-state index >= 15 is 0 Å². The lowest BCUT2D eigenvalue weighted by Gasteiger charge is -2.08. The molecule has 0 radical (unpaired) electrons. The Bertz CT molecular complexity index is 997. The van der Waals surface area contributed by atoms with Crippen molar-refractivity contribution >= 4 is 45.8 Å². The van der Waals surface area contributed by atoms with Crippen LogP contribution in [0.3, 0.4) is 0 Å². The molecule has 0 atom stereocenters. The van der Waals surface area contributed by atoms with Crippen LogP contribution in [0.1, 0.15) is 27.4 Å². The quantitative estimate of drug-likeness (QED) is 0.567. The molecule has 136 valence electrons. The van der Waals surface area contributed by atoms with E-state index in [2.05, 4.69) is 38.1 Å². The van der Waals surface area contributed by atoms with Crippen LogP contribution in [0.5, 0.6) is 0 Å². The van der Waals surface area contributed by atoms with Crippen molar-refractivity contribution in [2.75, 3.05) is 5.32 Å². The number of carbonyl (C=O) groups excluding carboxylic acids is 1. The Kier molecular flexibility index (Phi) is 5.33. The fraction of sp³-hybridized carbons (Fsp3) is 0.235. The second-order valence-corrected chi connectivity index (χ2v) is 7.46. The summed E-state index contributed by atoms with van der Waals surface area (Å²) in [5, 5.41) is 11.9. The molecule has 3 aromatic rings. The lowest BCUT2D eigenvalue weighted by molar-refractivity contribution is 0.102. The summed E-state index contributed by atoms with van der Waals surface area (Å²) >= 11 is 8.17. The third kappa shape index (κ3) is 3.75. The number of rotatable bonds is 4. The summed E-state index contributed by atoms with van der Waals surface area (Å²) in [6, 6.07) is 4.26. The molecular formula is C17H16ClFIN5O. The van der Waals surface area contributed by atoms with Gasteiger partial charge >= 0.3 is 0 Å². The van der Waals surface area contributed by atoms with Gasteiger partial charge in [0.25, 0.3) is 5.91 Å². The van der Waals surface area contributed by atoms with Gasteiger partial charge in [-0.1, -0.05) is 17.7 Å². The van der Waals surface area contributed by atoms with Crippen LogP contribution in [0.25, 0.3) is 0 Å². The van der Waals surface area contributed by atoms with Gasteiger partial charge < -0.3 is 5.32 Å². The lowest BCUT2D eigenvalue weighted by Crippen LogP contribution is -2.15. The van der Waals surface area contributed by atoms with Crippen molar-refractivity contribution < 1.29 is 9.18 Å². The lowest BCUT2D eigenvalue weighted by atomic mass is 10.2. The molecule has 0 aliphatic rings. The Hall–Kier alpha value is -1.94. The highest BCUT2D eigenvalue weighted by Crippen LogP contribution is 2.24. The minimum atomic E-state index is -0.384. The summed E-state index contributed by atoms with van der Waals surface area (Å²) in [7, 11) is 1.76. The van der Waals surface area contributed by atoms with Crippen molar-refractivity contribution in [3.63, 3.8) is 0 Å². The fourth-order valence-corrected chi connectivity index (χ4v) is 3.61. The molecule has 1 N–H and O–H groups in total. The molecule has 0 aliphatic carbocycles. The maximum atomic E-state index is 13.2. The van der Waals surface area contributed by atoms with Crippen LogP contribution in [0.4, 0.5) is 10.1 Å². The predicted molar refractivity (Wildman–Crippen MR) is 106 cm³/mol. The maximum absolute atomic E-state index is 13.2. The molecular weight excluding hydrogens is 472 g/mol. The van der Waals surface area contributed by atoms with Gasteiger partial charge in [-0.3, -0.25) is 14.2 Å². The van der Waals surface area contributed by atoms with Crippen molar-refractivity contribution in [1.82, 2.24) is 19.6 Å². The van der Waals surface area contributed by atoms with E-state index in [1.165, 1.54) is 12.1 Å². The number of anilines is 1. The van der Waals surface area contributed by atoms with Crippen molar-refractivity contribution in [2.24, 2.45) is 7.05 Å². The zero-order valence-corrected chi connectivity index (χ0v) is 17.3. The van der Waals surface area contributed by atoms with Crippen LogP contribution < -0.4 is 5.32 Å². The first kappa shape index (κ1) is 18.8. The summed E-state index contributed by atoms with van der Waals surface area (Å²) < 4.78 is 17.3. The third-order valence-corrected chi connectivity index (χ3v) is 5.10. The van der Waals surface area contributed by atoms with E-state index in [9.17, 15) is 9.18 Å². The number of halogens is 3. The number of carbonyl (C=O) groups is 1. The molecule has 0 saturated carbocycles. The molecule has 6 nitrogen and oxygen atoms in total. The predicted octanol–water partition coefficient (Wildman–Crippen LogP) is 3.93. The Morgan fingerprint density at radius 2 is 2.08 bits per heavy atom. The first-order valence-corrected chi connectivity index (χ1v) is 9.20. The van der Waals surface area contributed by atoms with Gasteiger partial charge in [0.05, 0.1) is 27.2 Å². The molecule has 3 rings (SSSR count). The molecule has 0 unspecified atom stereocenters. The summed E-state index contributed by atoms with van der Waals surface area (Å²) in [6.45, 7) is 4.05. The standard InChI is InChI=1S/C17H16ClFIN5O/c1-9-15(21-17(26)16-14(20)8-24(3)23-16)10(2)25(22-9)7-11-4-5-12(19)6-13(11)18/h4-6,8H,7H2,1-3H3,(H,21,26). The number of aryl methyl sites for hydroxylation is 2. The highest BCUT2D eigenvalue weighted by Gasteiger charge is 2.19.